The Bertz CT molecular complexity index is 496. The molecular weight excluding hydrogens is 232 g/mol. The van der Waals surface area contributed by atoms with Gasteiger partial charge in [0.15, 0.2) is 0 Å². The van der Waals surface area contributed by atoms with Crippen molar-refractivity contribution in [3.63, 3.8) is 0 Å². The molecule has 0 bridgehead atoms. The Morgan fingerprint density at radius 3 is 3.00 bits per heavy atom. The molecule has 0 radical (unpaired) electrons. The van der Waals surface area contributed by atoms with Gasteiger partial charge in [0.25, 0.3) is 0 Å². The number of hydrogen-bond donors (Lipinski definition) is 2. The van der Waals surface area contributed by atoms with Crippen molar-refractivity contribution in [1.29, 1.82) is 0 Å². The van der Waals surface area contributed by atoms with Crippen LogP contribution in [0.15, 0.2) is 30.5 Å². The van der Waals surface area contributed by atoms with E-state index in [4.69, 9.17) is 5.73 Å². The van der Waals surface area contributed by atoms with Crippen molar-refractivity contribution in [3.8, 4) is 5.75 Å². The summed E-state index contributed by atoms with van der Waals surface area (Å²) in [5.41, 5.74) is 6.71. The predicted octanol–water partition coefficient (Wildman–Crippen LogP) is 2.50. The van der Waals surface area contributed by atoms with Crippen molar-refractivity contribution in [2.24, 2.45) is 5.73 Å². The first-order valence-corrected chi connectivity index (χ1v) is 6.43. The summed E-state index contributed by atoms with van der Waals surface area (Å²) >= 11 is 1.69. The van der Waals surface area contributed by atoms with Gasteiger partial charge in [0, 0.05) is 23.4 Å². The number of aromatic hydroxyl groups is 1. The summed E-state index contributed by atoms with van der Waals surface area (Å²) in [6.45, 7) is 2.75. The van der Waals surface area contributed by atoms with Crippen LogP contribution >= 0.6 is 11.3 Å². The van der Waals surface area contributed by atoms with Crippen molar-refractivity contribution in [3.05, 3.63) is 45.9 Å². The van der Waals surface area contributed by atoms with Crippen LogP contribution in [-0.2, 0) is 6.42 Å². The quantitative estimate of drug-likeness (QED) is 0.874. The maximum Gasteiger partial charge on any atom is 0.115 e. The van der Waals surface area contributed by atoms with Crippen LogP contribution in [0, 0.1) is 0 Å². The van der Waals surface area contributed by atoms with Crippen molar-refractivity contribution in [2.45, 2.75) is 19.3 Å². The highest BCUT2D eigenvalue weighted by atomic mass is 32.1. The molecule has 17 heavy (non-hydrogen) atoms. The van der Waals surface area contributed by atoms with Crippen LogP contribution in [0.4, 0.5) is 0 Å². The highest BCUT2D eigenvalue weighted by Crippen LogP contribution is 2.24. The summed E-state index contributed by atoms with van der Waals surface area (Å²) in [5, 5.41) is 10.5. The standard InChI is InChI=1S/C13H16N2OS/c1-9(7-14)12-8-15-13(17-12)6-10-3-2-4-11(16)5-10/h2-5,8-9,16H,6-7,14H2,1H3. The molecule has 0 spiro atoms. The average Bonchev–Trinajstić information content (AvgIpc) is 2.76. The molecule has 0 amide bonds. The van der Waals surface area contributed by atoms with Gasteiger partial charge in [-0.1, -0.05) is 19.1 Å². The SMILES string of the molecule is CC(CN)c1cnc(Cc2cccc(O)c2)s1. The van der Waals surface area contributed by atoms with Gasteiger partial charge in [-0.05, 0) is 24.2 Å². The van der Waals surface area contributed by atoms with Crippen LogP contribution in [-0.4, -0.2) is 16.6 Å². The van der Waals surface area contributed by atoms with Crippen LogP contribution in [0.1, 0.15) is 28.3 Å². The van der Waals surface area contributed by atoms with Gasteiger partial charge in [-0.3, -0.25) is 0 Å². The molecule has 0 saturated carbocycles. The summed E-state index contributed by atoms with van der Waals surface area (Å²) in [7, 11) is 0. The number of thiazole rings is 1. The van der Waals surface area contributed by atoms with Crippen LogP contribution < -0.4 is 5.73 Å². The fourth-order valence-electron chi connectivity index (χ4n) is 1.59. The van der Waals surface area contributed by atoms with E-state index in [1.54, 1.807) is 23.5 Å². The van der Waals surface area contributed by atoms with E-state index in [1.807, 2.05) is 18.3 Å². The second-order valence-corrected chi connectivity index (χ2v) is 5.29. The van der Waals surface area contributed by atoms with Gasteiger partial charge in [0.05, 0.1) is 5.01 Å². The lowest BCUT2D eigenvalue weighted by Gasteiger charge is -2.02. The highest BCUT2D eigenvalue weighted by molar-refractivity contribution is 7.11. The van der Waals surface area contributed by atoms with Gasteiger partial charge in [-0.25, -0.2) is 4.98 Å². The lowest BCUT2D eigenvalue weighted by Crippen LogP contribution is -2.07. The third-order valence-corrected chi connectivity index (χ3v) is 3.91. The number of nitrogens with zero attached hydrogens (tertiary/aromatic N) is 1. The van der Waals surface area contributed by atoms with Crippen molar-refractivity contribution in [2.75, 3.05) is 6.54 Å². The molecule has 0 aliphatic rings. The van der Waals surface area contributed by atoms with Gasteiger partial charge >= 0.3 is 0 Å². The van der Waals surface area contributed by atoms with Gasteiger partial charge < -0.3 is 10.8 Å². The van der Waals surface area contributed by atoms with Crippen LogP contribution in [0.3, 0.4) is 0 Å². The smallest absolute Gasteiger partial charge is 0.115 e. The molecule has 0 fully saturated rings. The molecule has 90 valence electrons. The lowest BCUT2D eigenvalue weighted by molar-refractivity contribution is 0.474. The fourth-order valence-corrected chi connectivity index (χ4v) is 2.61. The maximum absolute atomic E-state index is 9.39. The molecule has 2 aromatic rings. The zero-order chi connectivity index (χ0) is 12.3. The van der Waals surface area contributed by atoms with E-state index in [9.17, 15) is 5.11 Å². The third kappa shape index (κ3) is 3.05. The second kappa shape index (κ2) is 5.29. The van der Waals surface area contributed by atoms with Crippen LogP contribution in [0.25, 0.3) is 0 Å². The third-order valence-electron chi connectivity index (χ3n) is 2.68. The molecule has 3 N–H and O–H groups in total. The number of benzene rings is 1. The number of hydrogen-bond acceptors (Lipinski definition) is 4. The lowest BCUT2D eigenvalue weighted by atomic mass is 10.1. The first-order valence-electron chi connectivity index (χ1n) is 5.61. The molecule has 1 aromatic carbocycles. The summed E-state index contributed by atoms with van der Waals surface area (Å²) in [6, 6.07) is 7.29. The number of phenols is 1. The zero-order valence-electron chi connectivity index (χ0n) is 9.76. The first-order chi connectivity index (χ1) is 8.19. The molecule has 3 nitrogen and oxygen atoms in total. The Labute approximate surface area is 105 Å². The molecular formula is C13H16N2OS. The van der Waals surface area contributed by atoms with E-state index in [0.717, 1.165) is 17.0 Å². The molecule has 0 saturated heterocycles. The molecule has 0 aliphatic carbocycles. The van der Waals surface area contributed by atoms with E-state index in [-0.39, 0.29) is 0 Å². The molecule has 0 aliphatic heterocycles. The largest absolute Gasteiger partial charge is 0.508 e. The molecule has 2 rings (SSSR count). The van der Waals surface area contributed by atoms with E-state index in [1.165, 1.54) is 4.88 Å². The summed E-state index contributed by atoms with van der Waals surface area (Å²) in [6.07, 6.45) is 2.66. The van der Waals surface area contributed by atoms with Gasteiger partial charge in [-0.15, -0.1) is 11.3 Å². The molecule has 1 aromatic heterocycles. The summed E-state index contributed by atoms with van der Waals surface area (Å²) in [4.78, 5) is 5.62. The Morgan fingerprint density at radius 2 is 2.29 bits per heavy atom. The van der Waals surface area contributed by atoms with Gasteiger partial charge in [0.2, 0.25) is 0 Å². The Balaban J connectivity index is 2.11. The number of phenolic OH excluding ortho intramolecular Hbond substituents is 1. The molecule has 1 atom stereocenters. The summed E-state index contributed by atoms with van der Waals surface area (Å²) < 4.78 is 0. The Morgan fingerprint density at radius 1 is 1.47 bits per heavy atom. The van der Waals surface area contributed by atoms with E-state index in [0.29, 0.717) is 18.2 Å². The van der Waals surface area contributed by atoms with Gasteiger partial charge in [-0.2, -0.15) is 0 Å². The highest BCUT2D eigenvalue weighted by Gasteiger charge is 2.08. The monoisotopic (exact) mass is 248 g/mol. The minimum Gasteiger partial charge on any atom is -0.508 e. The van der Waals surface area contributed by atoms with Crippen molar-refractivity contribution >= 4 is 11.3 Å². The minimum atomic E-state index is 0.301. The number of aromatic nitrogens is 1. The Hall–Kier alpha value is -1.39. The van der Waals surface area contributed by atoms with Crippen molar-refractivity contribution in [1.82, 2.24) is 4.98 Å². The van der Waals surface area contributed by atoms with Crippen LogP contribution in [0.2, 0.25) is 0 Å². The number of nitrogens with two attached hydrogens (primary N) is 1. The van der Waals surface area contributed by atoms with E-state index < -0.39 is 0 Å². The fraction of sp³-hybridized carbons (Fsp3) is 0.308. The van der Waals surface area contributed by atoms with E-state index in [2.05, 4.69) is 11.9 Å². The zero-order valence-corrected chi connectivity index (χ0v) is 10.6. The first kappa shape index (κ1) is 12.1. The molecule has 1 heterocycles. The maximum atomic E-state index is 9.39. The van der Waals surface area contributed by atoms with Crippen molar-refractivity contribution < 1.29 is 5.11 Å². The summed E-state index contributed by atoms with van der Waals surface area (Å²) in [5.74, 6) is 0.667. The predicted molar refractivity (Wildman–Crippen MR) is 70.5 cm³/mol. The van der Waals surface area contributed by atoms with Gasteiger partial charge in [0.1, 0.15) is 5.75 Å². The average molecular weight is 248 g/mol. The topological polar surface area (TPSA) is 59.1 Å². The molecule has 4 heteroatoms. The Kier molecular flexibility index (Phi) is 3.76. The minimum absolute atomic E-state index is 0.301. The van der Waals surface area contributed by atoms with Crippen LogP contribution in [0.5, 0.6) is 5.75 Å². The van der Waals surface area contributed by atoms with E-state index >= 15 is 0 Å². The molecule has 1 unspecified atom stereocenters. The number of rotatable bonds is 4. The second-order valence-electron chi connectivity index (χ2n) is 4.14. The normalized spacial score (nSPS) is 12.6.